The number of carbonyl (C=O) groups excluding carboxylic acids is 1. The van der Waals surface area contributed by atoms with E-state index in [9.17, 15) is 4.79 Å². The van der Waals surface area contributed by atoms with Crippen LogP contribution in [-0.2, 0) is 21.6 Å². The maximum absolute atomic E-state index is 11.7. The molecule has 1 aromatic rings. The number of methoxy groups -OCH3 is 1. The van der Waals surface area contributed by atoms with E-state index in [0.717, 1.165) is 23.8 Å². The number of piperidine rings is 1. The van der Waals surface area contributed by atoms with Gasteiger partial charge < -0.3 is 15.4 Å². The quantitative estimate of drug-likeness (QED) is 0.866. The van der Waals surface area contributed by atoms with Gasteiger partial charge in [0.05, 0.1) is 18.3 Å². The van der Waals surface area contributed by atoms with Gasteiger partial charge in [-0.2, -0.15) is 0 Å². The van der Waals surface area contributed by atoms with Gasteiger partial charge in [0.2, 0.25) is 5.91 Å². The van der Waals surface area contributed by atoms with E-state index in [4.69, 9.17) is 9.72 Å². The number of rotatable bonds is 5. The predicted octanol–water partition coefficient (Wildman–Crippen LogP) is 2.39. The van der Waals surface area contributed by atoms with E-state index in [-0.39, 0.29) is 23.4 Å². The highest BCUT2D eigenvalue weighted by atomic mass is 16.5. The Morgan fingerprint density at radius 3 is 2.67 bits per heavy atom. The number of anilines is 1. The first-order valence-electron chi connectivity index (χ1n) is 8.80. The Morgan fingerprint density at radius 2 is 2.04 bits per heavy atom. The van der Waals surface area contributed by atoms with Crippen LogP contribution in [0.1, 0.15) is 58.0 Å². The van der Waals surface area contributed by atoms with Gasteiger partial charge in [-0.15, -0.1) is 0 Å². The topological polar surface area (TPSA) is 76.1 Å². The van der Waals surface area contributed by atoms with Crippen molar-refractivity contribution in [2.45, 2.75) is 70.6 Å². The molecule has 6 heteroatoms. The van der Waals surface area contributed by atoms with Crippen molar-refractivity contribution in [1.29, 1.82) is 0 Å². The highest BCUT2D eigenvalue weighted by Gasteiger charge is 2.40. The summed E-state index contributed by atoms with van der Waals surface area (Å²) in [5, 5.41) is 6.73. The lowest BCUT2D eigenvalue weighted by molar-refractivity contribution is -0.123. The smallest absolute Gasteiger partial charge is 0.220 e. The van der Waals surface area contributed by atoms with E-state index in [1.165, 1.54) is 12.8 Å². The van der Waals surface area contributed by atoms with Crippen molar-refractivity contribution in [3.8, 4) is 0 Å². The van der Waals surface area contributed by atoms with Crippen molar-refractivity contribution < 1.29 is 9.53 Å². The van der Waals surface area contributed by atoms with Crippen molar-refractivity contribution in [2.24, 2.45) is 5.92 Å². The lowest BCUT2D eigenvalue weighted by Crippen LogP contribution is -2.52. The van der Waals surface area contributed by atoms with Gasteiger partial charge in [-0.1, -0.05) is 20.8 Å². The second kappa shape index (κ2) is 6.67. The summed E-state index contributed by atoms with van der Waals surface area (Å²) in [5.74, 6) is 2.41. The summed E-state index contributed by atoms with van der Waals surface area (Å²) in [6, 6.07) is 2.40. The van der Waals surface area contributed by atoms with Gasteiger partial charge in [0.15, 0.2) is 0 Å². The normalized spacial score (nSPS) is 24.6. The zero-order valence-electron chi connectivity index (χ0n) is 15.1. The lowest BCUT2D eigenvalue weighted by Gasteiger charge is -2.33. The van der Waals surface area contributed by atoms with Crippen LogP contribution in [0.4, 0.5) is 5.82 Å². The second-order valence-electron chi connectivity index (χ2n) is 7.97. The minimum Gasteiger partial charge on any atom is -0.378 e. The summed E-state index contributed by atoms with van der Waals surface area (Å²) in [6.45, 7) is 6.79. The second-order valence-corrected chi connectivity index (χ2v) is 7.97. The van der Waals surface area contributed by atoms with Crippen LogP contribution in [-0.4, -0.2) is 35.1 Å². The maximum Gasteiger partial charge on any atom is 0.220 e. The molecule has 1 aromatic heterocycles. The molecule has 1 aliphatic heterocycles. The number of hydrogen-bond acceptors (Lipinski definition) is 5. The summed E-state index contributed by atoms with van der Waals surface area (Å²) in [5.41, 5.74) is 0.749. The Hall–Kier alpha value is -1.69. The van der Waals surface area contributed by atoms with Crippen LogP contribution in [0.25, 0.3) is 0 Å². The van der Waals surface area contributed by atoms with E-state index in [0.29, 0.717) is 18.9 Å². The molecule has 0 radical (unpaired) electrons. The minimum atomic E-state index is -0.128. The maximum atomic E-state index is 11.7. The summed E-state index contributed by atoms with van der Waals surface area (Å²) in [6.07, 6.45) is 3.83. The standard InChI is InChI=1S/C18H28N4O2/c1-18(2,3)17-19-12(10-24-4)9-14(21-17)20-13-7-8-15(23)22-16(13)11-5-6-11/h9,11,13,16H,5-8,10H2,1-4H3,(H,22,23)(H,19,20,21)/t13-,16+/m1/s1. The van der Waals surface area contributed by atoms with Crippen LogP contribution in [0, 0.1) is 5.92 Å². The Morgan fingerprint density at radius 1 is 1.29 bits per heavy atom. The summed E-state index contributed by atoms with van der Waals surface area (Å²) >= 11 is 0. The molecule has 1 amide bonds. The van der Waals surface area contributed by atoms with Crippen molar-refractivity contribution in [1.82, 2.24) is 15.3 Å². The van der Waals surface area contributed by atoms with Gasteiger partial charge in [0.1, 0.15) is 11.6 Å². The van der Waals surface area contributed by atoms with Crippen LogP contribution in [0.5, 0.6) is 0 Å². The molecule has 0 aromatic carbocycles. The number of nitrogens with zero attached hydrogens (tertiary/aromatic N) is 2. The molecule has 2 fully saturated rings. The molecule has 1 aliphatic carbocycles. The molecule has 0 spiro atoms. The average molecular weight is 332 g/mol. The van der Waals surface area contributed by atoms with Gasteiger partial charge in [-0.25, -0.2) is 9.97 Å². The summed E-state index contributed by atoms with van der Waals surface area (Å²) < 4.78 is 5.25. The molecule has 0 unspecified atom stereocenters. The molecule has 132 valence electrons. The fourth-order valence-electron chi connectivity index (χ4n) is 3.21. The Labute approximate surface area is 143 Å². The van der Waals surface area contributed by atoms with Gasteiger partial charge in [0.25, 0.3) is 0 Å². The lowest BCUT2D eigenvalue weighted by atomic mass is 9.94. The van der Waals surface area contributed by atoms with E-state index in [1.54, 1.807) is 7.11 Å². The predicted molar refractivity (Wildman–Crippen MR) is 92.7 cm³/mol. The number of amides is 1. The fourth-order valence-corrected chi connectivity index (χ4v) is 3.21. The highest BCUT2D eigenvalue weighted by Crippen LogP contribution is 2.37. The molecule has 0 bridgehead atoms. The van der Waals surface area contributed by atoms with Crippen LogP contribution < -0.4 is 10.6 Å². The Kier molecular flexibility index (Phi) is 4.76. The van der Waals surface area contributed by atoms with Crippen molar-refractivity contribution >= 4 is 11.7 Å². The number of carbonyl (C=O) groups is 1. The molecule has 24 heavy (non-hydrogen) atoms. The molecule has 6 nitrogen and oxygen atoms in total. The van der Waals surface area contributed by atoms with Crippen LogP contribution in [0.2, 0.25) is 0 Å². The SMILES string of the molecule is COCc1cc(N[C@@H]2CCC(=O)N[C@H]2C2CC2)nc(C(C)(C)C)n1. The van der Waals surface area contributed by atoms with E-state index >= 15 is 0 Å². The van der Waals surface area contributed by atoms with E-state index < -0.39 is 0 Å². The number of hydrogen-bond donors (Lipinski definition) is 2. The highest BCUT2D eigenvalue weighted by molar-refractivity contribution is 5.77. The van der Waals surface area contributed by atoms with Crippen LogP contribution >= 0.6 is 0 Å². The molecule has 3 rings (SSSR count). The van der Waals surface area contributed by atoms with Crippen molar-refractivity contribution in [3.05, 3.63) is 17.6 Å². The minimum absolute atomic E-state index is 0.128. The molecule has 2 heterocycles. The molecule has 2 N–H and O–H groups in total. The van der Waals surface area contributed by atoms with Crippen molar-refractivity contribution in [2.75, 3.05) is 12.4 Å². The van der Waals surface area contributed by atoms with Crippen molar-refractivity contribution in [3.63, 3.8) is 0 Å². The van der Waals surface area contributed by atoms with E-state index in [2.05, 4.69) is 36.4 Å². The Bertz CT molecular complexity index is 608. The first kappa shape index (κ1) is 17.1. The van der Waals surface area contributed by atoms with Gasteiger partial charge >= 0.3 is 0 Å². The fraction of sp³-hybridized carbons (Fsp3) is 0.722. The molecule has 2 aliphatic rings. The zero-order chi connectivity index (χ0) is 17.3. The molecular weight excluding hydrogens is 304 g/mol. The number of ether oxygens (including phenoxy) is 1. The first-order chi connectivity index (χ1) is 11.4. The van der Waals surface area contributed by atoms with Crippen LogP contribution in [0.15, 0.2) is 6.07 Å². The molecular formula is C18H28N4O2. The zero-order valence-corrected chi connectivity index (χ0v) is 15.1. The van der Waals surface area contributed by atoms with Gasteiger partial charge in [-0.05, 0) is 25.2 Å². The third-order valence-corrected chi connectivity index (χ3v) is 4.65. The third kappa shape index (κ3) is 4.04. The number of aromatic nitrogens is 2. The average Bonchev–Trinajstić information content (AvgIpc) is 3.33. The Balaban J connectivity index is 1.82. The monoisotopic (exact) mass is 332 g/mol. The molecule has 2 atom stereocenters. The van der Waals surface area contributed by atoms with Gasteiger partial charge in [-0.3, -0.25) is 4.79 Å². The van der Waals surface area contributed by atoms with E-state index in [1.807, 2.05) is 6.07 Å². The summed E-state index contributed by atoms with van der Waals surface area (Å²) in [4.78, 5) is 21.1. The molecule has 1 saturated heterocycles. The molecule has 1 saturated carbocycles. The largest absolute Gasteiger partial charge is 0.378 e. The summed E-state index contributed by atoms with van der Waals surface area (Å²) in [7, 11) is 1.67. The van der Waals surface area contributed by atoms with Crippen LogP contribution in [0.3, 0.4) is 0 Å². The number of nitrogens with one attached hydrogen (secondary N) is 2. The van der Waals surface area contributed by atoms with Gasteiger partial charge in [0, 0.05) is 31.1 Å². The third-order valence-electron chi connectivity index (χ3n) is 4.65. The first-order valence-corrected chi connectivity index (χ1v) is 8.80.